The molecular weight excluding hydrogens is 236 g/mol. The molecule has 0 fully saturated rings. The predicted octanol–water partition coefficient (Wildman–Crippen LogP) is 2.04. The number of nitrogen functional groups attached to an aromatic ring is 1. The van der Waals surface area contributed by atoms with Gasteiger partial charge >= 0.3 is 0 Å². The second-order valence-electron chi connectivity index (χ2n) is 4.87. The van der Waals surface area contributed by atoms with Gasteiger partial charge in [0.15, 0.2) is 0 Å². The molecule has 5 heteroatoms. The van der Waals surface area contributed by atoms with E-state index in [1.165, 1.54) is 0 Å². The number of hydrogen-bond acceptors (Lipinski definition) is 3. The molecule has 0 saturated heterocycles. The molecule has 0 radical (unpaired) electrons. The third-order valence-corrected chi connectivity index (χ3v) is 4.64. The van der Waals surface area contributed by atoms with Gasteiger partial charge < -0.3 is 5.73 Å². The van der Waals surface area contributed by atoms with Gasteiger partial charge in [-0.05, 0) is 51.0 Å². The fourth-order valence-corrected chi connectivity index (χ4v) is 3.18. The van der Waals surface area contributed by atoms with Crippen LogP contribution >= 0.6 is 0 Å². The van der Waals surface area contributed by atoms with Crippen LogP contribution in [-0.4, -0.2) is 14.0 Å². The van der Waals surface area contributed by atoms with E-state index in [1.54, 1.807) is 25.1 Å². The predicted molar refractivity (Wildman–Crippen MR) is 70.3 cm³/mol. The lowest BCUT2D eigenvalue weighted by Gasteiger charge is -2.24. The highest BCUT2D eigenvalue weighted by Crippen LogP contribution is 2.20. The molecule has 17 heavy (non-hydrogen) atoms. The molecule has 0 aromatic heterocycles. The van der Waals surface area contributed by atoms with Gasteiger partial charge in [0.05, 0.1) is 4.90 Å². The molecule has 3 N–H and O–H groups in total. The summed E-state index contributed by atoms with van der Waals surface area (Å²) in [5, 5.41) is 0. The van der Waals surface area contributed by atoms with Crippen molar-refractivity contribution >= 4 is 15.7 Å². The minimum atomic E-state index is -3.48. The fourth-order valence-electron chi connectivity index (χ4n) is 1.47. The van der Waals surface area contributed by atoms with Crippen molar-refractivity contribution in [3.05, 3.63) is 23.8 Å². The summed E-state index contributed by atoms with van der Waals surface area (Å²) in [5.74, 6) is 0. The Balaban J connectivity index is 3.14. The van der Waals surface area contributed by atoms with Gasteiger partial charge in [-0.2, -0.15) is 0 Å². The maximum Gasteiger partial charge on any atom is 0.241 e. The van der Waals surface area contributed by atoms with Crippen LogP contribution in [0.4, 0.5) is 5.69 Å². The average Bonchev–Trinajstić information content (AvgIpc) is 2.15. The molecule has 0 aliphatic carbocycles. The van der Waals surface area contributed by atoms with Crippen LogP contribution in [0.2, 0.25) is 0 Å². The van der Waals surface area contributed by atoms with E-state index in [0.29, 0.717) is 11.3 Å². The zero-order valence-corrected chi connectivity index (χ0v) is 11.6. The molecule has 0 heterocycles. The first-order chi connectivity index (χ1) is 7.68. The minimum absolute atomic E-state index is 0.285. The third-order valence-electron chi connectivity index (χ3n) is 2.78. The van der Waals surface area contributed by atoms with E-state index in [-0.39, 0.29) is 4.90 Å². The van der Waals surface area contributed by atoms with Gasteiger partial charge in [0, 0.05) is 11.2 Å². The van der Waals surface area contributed by atoms with E-state index < -0.39 is 15.6 Å². The number of benzene rings is 1. The van der Waals surface area contributed by atoms with Crippen molar-refractivity contribution in [2.45, 2.75) is 44.6 Å². The zero-order chi connectivity index (χ0) is 13.3. The van der Waals surface area contributed by atoms with E-state index in [1.807, 2.05) is 20.8 Å². The summed E-state index contributed by atoms with van der Waals surface area (Å²) in [6, 6.07) is 4.80. The Kier molecular flexibility index (Phi) is 3.84. The second-order valence-corrected chi connectivity index (χ2v) is 6.52. The highest BCUT2D eigenvalue weighted by atomic mass is 32.2. The normalized spacial score (nSPS) is 12.7. The Morgan fingerprint density at radius 1 is 1.35 bits per heavy atom. The first kappa shape index (κ1) is 14.0. The second kappa shape index (κ2) is 4.66. The summed E-state index contributed by atoms with van der Waals surface area (Å²) in [7, 11) is -3.48. The molecule has 0 spiro atoms. The fraction of sp³-hybridized carbons (Fsp3) is 0.500. The van der Waals surface area contributed by atoms with Crippen LogP contribution in [0.5, 0.6) is 0 Å². The highest BCUT2D eigenvalue weighted by Gasteiger charge is 2.25. The molecule has 0 unspecified atom stereocenters. The van der Waals surface area contributed by atoms with Crippen LogP contribution in [-0.2, 0) is 10.0 Å². The lowest BCUT2D eigenvalue weighted by atomic mass is 10.0. The maximum atomic E-state index is 12.2. The Bertz CT molecular complexity index is 507. The van der Waals surface area contributed by atoms with Crippen molar-refractivity contribution in [2.24, 2.45) is 0 Å². The van der Waals surface area contributed by atoms with Crippen molar-refractivity contribution in [3.8, 4) is 0 Å². The first-order valence-electron chi connectivity index (χ1n) is 5.58. The van der Waals surface area contributed by atoms with E-state index in [0.717, 1.165) is 6.42 Å². The first-order valence-corrected chi connectivity index (χ1v) is 7.06. The lowest BCUT2D eigenvalue weighted by molar-refractivity contribution is 0.439. The number of hydrogen-bond donors (Lipinski definition) is 2. The van der Waals surface area contributed by atoms with Crippen LogP contribution in [0.1, 0.15) is 32.8 Å². The van der Waals surface area contributed by atoms with Crippen LogP contribution in [0.25, 0.3) is 0 Å². The molecule has 0 aliphatic rings. The molecule has 1 aromatic carbocycles. The molecule has 0 saturated carbocycles. The van der Waals surface area contributed by atoms with E-state index in [2.05, 4.69) is 4.72 Å². The van der Waals surface area contributed by atoms with Crippen LogP contribution in [0.15, 0.2) is 23.1 Å². The zero-order valence-electron chi connectivity index (χ0n) is 10.7. The Hall–Kier alpha value is -1.07. The standard InChI is InChI=1S/C12H20N2O2S/c1-5-12(3,4)14-17(15,16)11-7-6-10(13)8-9(11)2/h6-8,14H,5,13H2,1-4H3. The van der Waals surface area contributed by atoms with Gasteiger partial charge in [-0.25, -0.2) is 13.1 Å². The topological polar surface area (TPSA) is 72.2 Å². The van der Waals surface area contributed by atoms with E-state index in [4.69, 9.17) is 5.73 Å². The maximum absolute atomic E-state index is 12.2. The largest absolute Gasteiger partial charge is 0.399 e. The SMILES string of the molecule is CCC(C)(C)NS(=O)(=O)c1ccc(N)cc1C. The van der Waals surface area contributed by atoms with Crippen molar-refractivity contribution in [2.75, 3.05) is 5.73 Å². The van der Waals surface area contributed by atoms with Crippen molar-refractivity contribution in [1.82, 2.24) is 4.72 Å². The third kappa shape index (κ3) is 3.44. The minimum Gasteiger partial charge on any atom is -0.399 e. The van der Waals surface area contributed by atoms with Gasteiger partial charge in [-0.1, -0.05) is 6.92 Å². The summed E-state index contributed by atoms with van der Waals surface area (Å²) in [4.78, 5) is 0.285. The molecule has 0 atom stereocenters. The van der Waals surface area contributed by atoms with Crippen LogP contribution in [0, 0.1) is 6.92 Å². The highest BCUT2D eigenvalue weighted by molar-refractivity contribution is 7.89. The summed E-state index contributed by atoms with van der Waals surface area (Å²) in [6.07, 6.45) is 0.722. The number of sulfonamides is 1. The van der Waals surface area contributed by atoms with Crippen molar-refractivity contribution < 1.29 is 8.42 Å². The molecule has 4 nitrogen and oxygen atoms in total. The van der Waals surface area contributed by atoms with Gasteiger partial charge in [-0.15, -0.1) is 0 Å². The molecule has 0 bridgehead atoms. The van der Waals surface area contributed by atoms with Gasteiger partial charge in [-0.3, -0.25) is 0 Å². The molecule has 1 aromatic rings. The summed E-state index contributed by atoms with van der Waals surface area (Å²) < 4.78 is 27.1. The summed E-state index contributed by atoms with van der Waals surface area (Å²) in [6.45, 7) is 7.40. The monoisotopic (exact) mass is 256 g/mol. The van der Waals surface area contributed by atoms with Gasteiger partial charge in [0.2, 0.25) is 10.0 Å². The summed E-state index contributed by atoms with van der Waals surface area (Å²) >= 11 is 0. The number of anilines is 1. The Morgan fingerprint density at radius 2 is 1.94 bits per heavy atom. The molecule has 0 aliphatic heterocycles. The number of aryl methyl sites for hydroxylation is 1. The Labute approximate surface area is 103 Å². The lowest BCUT2D eigenvalue weighted by Crippen LogP contribution is -2.42. The van der Waals surface area contributed by atoms with E-state index >= 15 is 0 Å². The molecule has 0 amide bonds. The van der Waals surface area contributed by atoms with Crippen LogP contribution in [0.3, 0.4) is 0 Å². The van der Waals surface area contributed by atoms with Crippen LogP contribution < -0.4 is 10.5 Å². The molecular formula is C12H20N2O2S. The van der Waals surface area contributed by atoms with E-state index in [9.17, 15) is 8.42 Å². The van der Waals surface area contributed by atoms with Gasteiger partial charge in [0.1, 0.15) is 0 Å². The summed E-state index contributed by atoms with van der Waals surface area (Å²) in [5.41, 5.74) is 6.38. The number of rotatable bonds is 4. The number of nitrogens with one attached hydrogen (secondary N) is 1. The quantitative estimate of drug-likeness (QED) is 0.810. The number of nitrogens with two attached hydrogens (primary N) is 1. The molecule has 1 rings (SSSR count). The average molecular weight is 256 g/mol. The Morgan fingerprint density at radius 3 is 2.41 bits per heavy atom. The van der Waals surface area contributed by atoms with Gasteiger partial charge in [0.25, 0.3) is 0 Å². The van der Waals surface area contributed by atoms with Crippen molar-refractivity contribution in [3.63, 3.8) is 0 Å². The van der Waals surface area contributed by atoms with Crippen molar-refractivity contribution in [1.29, 1.82) is 0 Å². The smallest absolute Gasteiger partial charge is 0.241 e. The molecule has 96 valence electrons.